The second-order valence-electron chi connectivity index (χ2n) is 6.77. The van der Waals surface area contributed by atoms with Gasteiger partial charge >= 0.3 is 0 Å². The first-order chi connectivity index (χ1) is 15.1. The molecule has 156 valence electrons. The van der Waals surface area contributed by atoms with Crippen LogP contribution in [0.2, 0.25) is 0 Å². The number of carbonyl (C=O) groups is 1. The molecule has 0 atom stereocenters. The van der Waals surface area contributed by atoms with Crippen LogP contribution in [-0.2, 0) is 6.54 Å². The number of aromatic amines is 1. The summed E-state index contributed by atoms with van der Waals surface area (Å²) in [5.41, 5.74) is 0.758. The van der Waals surface area contributed by atoms with Gasteiger partial charge in [0.25, 0.3) is 11.5 Å². The molecule has 11 heteroatoms. The third-order valence-electron chi connectivity index (χ3n) is 4.63. The SMILES string of the molecule is O=C(Nc1ccc(F)cc1)c1nc2c(nnn2Cc2ccc3c(c2)OCCO3)c(=O)[nH]1. The van der Waals surface area contributed by atoms with Crippen LogP contribution < -0.4 is 20.3 Å². The average molecular weight is 422 g/mol. The number of hydrogen-bond donors (Lipinski definition) is 2. The van der Waals surface area contributed by atoms with Crippen molar-refractivity contribution in [1.29, 1.82) is 0 Å². The van der Waals surface area contributed by atoms with Gasteiger partial charge in [-0.25, -0.2) is 14.1 Å². The standard InChI is InChI=1S/C20H15FN6O4/c21-12-2-4-13(5-3-12)22-20(29)17-23-18-16(19(28)24-17)25-26-27(18)10-11-1-6-14-15(9-11)31-8-7-30-14/h1-6,9H,7-8,10H2,(H,22,29)(H,23,24,28). The van der Waals surface area contributed by atoms with Crippen LogP contribution in [0.3, 0.4) is 0 Å². The van der Waals surface area contributed by atoms with Crippen molar-refractivity contribution in [3.05, 3.63) is 70.0 Å². The van der Waals surface area contributed by atoms with Crippen molar-refractivity contribution >= 4 is 22.8 Å². The summed E-state index contributed by atoms with van der Waals surface area (Å²) in [7, 11) is 0. The summed E-state index contributed by atoms with van der Waals surface area (Å²) in [4.78, 5) is 31.5. The Bertz CT molecular complexity index is 1350. The van der Waals surface area contributed by atoms with Gasteiger partial charge in [0.15, 0.2) is 22.7 Å². The van der Waals surface area contributed by atoms with E-state index in [1.165, 1.54) is 28.9 Å². The Morgan fingerprint density at radius 2 is 1.90 bits per heavy atom. The number of anilines is 1. The van der Waals surface area contributed by atoms with E-state index in [0.29, 0.717) is 30.4 Å². The van der Waals surface area contributed by atoms with E-state index < -0.39 is 17.3 Å². The summed E-state index contributed by atoms with van der Waals surface area (Å²) in [6.45, 7) is 1.21. The van der Waals surface area contributed by atoms with E-state index in [-0.39, 0.29) is 23.5 Å². The van der Waals surface area contributed by atoms with Crippen molar-refractivity contribution < 1.29 is 18.7 Å². The van der Waals surface area contributed by atoms with Gasteiger partial charge < -0.3 is 19.8 Å². The molecule has 0 spiro atoms. The number of benzene rings is 2. The van der Waals surface area contributed by atoms with E-state index >= 15 is 0 Å². The minimum atomic E-state index is -0.655. The topological polar surface area (TPSA) is 124 Å². The molecule has 0 bridgehead atoms. The second-order valence-corrected chi connectivity index (χ2v) is 6.77. The van der Waals surface area contributed by atoms with Crippen LogP contribution in [0, 0.1) is 5.82 Å². The number of H-pyrrole nitrogens is 1. The second kappa shape index (κ2) is 7.52. The largest absolute Gasteiger partial charge is 0.486 e. The third-order valence-corrected chi connectivity index (χ3v) is 4.63. The van der Waals surface area contributed by atoms with Crippen molar-refractivity contribution in [2.24, 2.45) is 0 Å². The van der Waals surface area contributed by atoms with Gasteiger partial charge in [0, 0.05) is 5.69 Å². The zero-order chi connectivity index (χ0) is 21.4. The van der Waals surface area contributed by atoms with E-state index in [9.17, 15) is 14.0 Å². The Balaban J connectivity index is 1.45. The molecule has 2 aromatic carbocycles. The molecule has 0 saturated carbocycles. The van der Waals surface area contributed by atoms with E-state index in [1.54, 1.807) is 6.07 Å². The fourth-order valence-corrected chi connectivity index (χ4v) is 3.16. The number of nitrogens with zero attached hydrogens (tertiary/aromatic N) is 4. The first-order valence-electron chi connectivity index (χ1n) is 9.36. The molecule has 0 saturated heterocycles. The van der Waals surface area contributed by atoms with Crippen molar-refractivity contribution in [2.45, 2.75) is 6.54 Å². The normalized spacial score (nSPS) is 12.7. The fourth-order valence-electron chi connectivity index (χ4n) is 3.16. The number of halogens is 1. The number of hydrogen-bond acceptors (Lipinski definition) is 7. The summed E-state index contributed by atoms with van der Waals surface area (Å²) >= 11 is 0. The molecule has 5 rings (SSSR count). The van der Waals surface area contributed by atoms with Gasteiger partial charge in [0.05, 0.1) is 6.54 Å². The number of fused-ring (bicyclic) bond motifs is 2. The number of ether oxygens (including phenoxy) is 2. The predicted molar refractivity (Wildman–Crippen MR) is 107 cm³/mol. The zero-order valence-corrected chi connectivity index (χ0v) is 16.0. The summed E-state index contributed by atoms with van der Waals surface area (Å²) in [5, 5.41) is 10.4. The lowest BCUT2D eigenvalue weighted by Gasteiger charge is -2.18. The maximum Gasteiger partial charge on any atom is 0.291 e. The number of nitrogens with one attached hydrogen (secondary N) is 2. The van der Waals surface area contributed by atoms with Gasteiger partial charge in [-0.2, -0.15) is 0 Å². The van der Waals surface area contributed by atoms with Crippen LogP contribution in [0.1, 0.15) is 16.2 Å². The van der Waals surface area contributed by atoms with Crippen molar-refractivity contribution in [3.8, 4) is 11.5 Å². The van der Waals surface area contributed by atoms with Gasteiger partial charge in [-0.3, -0.25) is 9.59 Å². The van der Waals surface area contributed by atoms with E-state index in [2.05, 4.69) is 25.6 Å². The molecule has 10 nitrogen and oxygen atoms in total. The highest BCUT2D eigenvalue weighted by Gasteiger charge is 2.18. The molecule has 0 radical (unpaired) electrons. The average Bonchev–Trinajstić information content (AvgIpc) is 3.18. The van der Waals surface area contributed by atoms with Gasteiger partial charge in [0.2, 0.25) is 5.82 Å². The highest BCUT2D eigenvalue weighted by atomic mass is 19.1. The van der Waals surface area contributed by atoms with Crippen molar-refractivity contribution in [3.63, 3.8) is 0 Å². The molecule has 0 aliphatic carbocycles. The van der Waals surface area contributed by atoms with Crippen LogP contribution in [-0.4, -0.2) is 44.1 Å². The lowest BCUT2D eigenvalue weighted by atomic mass is 10.2. The van der Waals surface area contributed by atoms with Gasteiger partial charge in [-0.05, 0) is 42.0 Å². The van der Waals surface area contributed by atoms with E-state index in [1.807, 2.05) is 12.1 Å². The third kappa shape index (κ3) is 3.68. The number of aromatic nitrogens is 5. The molecule has 4 aromatic rings. The molecule has 1 aliphatic rings. The number of carbonyl (C=O) groups excluding carboxylic acids is 1. The van der Waals surface area contributed by atoms with E-state index in [4.69, 9.17) is 9.47 Å². The Morgan fingerprint density at radius 1 is 1.13 bits per heavy atom. The maximum atomic E-state index is 13.1. The lowest BCUT2D eigenvalue weighted by molar-refractivity contribution is 0.101. The highest BCUT2D eigenvalue weighted by Crippen LogP contribution is 2.31. The quantitative estimate of drug-likeness (QED) is 0.513. The lowest BCUT2D eigenvalue weighted by Crippen LogP contribution is -2.21. The molecular weight excluding hydrogens is 407 g/mol. The molecule has 1 aliphatic heterocycles. The Labute approximate surface area is 173 Å². The van der Waals surface area contributed by atoms with Crippen LogP contribution in [0.5, 0.6) is 11.5 Å². The first kappa shape index (κ1) is 18.7. The molecule has 2 aromatic heterocycles. The van der Waals surface area contributed by atoms with Crippen LogP contribution in [0.15, 0.2) is 47.3 Å². The molecule has 0 unspecified atom stereocenters. The number of rotatable bonds is 4. The highest BCUT2D eigenvalue weighted by molar-refractivity contribution is 6.02. The van der Waals surface area contributed by atoms with Crippen LogP contribution in [0.4, 0.5) is 10.1 Å². The minimum Gasteiger partial charge on any atom is -0.486 e. The molecule has 1 amide bonds. The predicted octanol–water partition coefficient (Wildman–Crippen LogP) is 1.73. The zero-order valence-electron chi connectivity index (χ0n) is 16.0. The summed E-state index contributed by atoms with van der Waals surface area (Å²) in [6.07, 6.45) is 0. The van der Waals surface area contributed by atoms with Gasteiger partial charge in [-0.1, -0.05) is 11.3 Å². The van der Waals surface area contributed by atoms with Crippen LogP contribution in [0.25, 0.3) is 11.2 Å². The van der Waals surface area contributed by atoms with Gasteiger partial charge in [0.1, 0.15) is 19.0 Å². The monoisotopic (exact) mass is 422 g/mol. The molecule has 31 heavy (non-hydrogen) atoms. The Kier molecular flexibility index (Phi) is 4.54. The Morgan fingerprint density at radius 3 is 2.71 bits per heavy atom. The summed E-state index contributed by atoms with van der Waals surface area (Å²) in [5.74, 6) is -0.0172. The smallest absolute Gasteiger partial charge is 0.291 e. The Hall–Kier alpha value is -4.28. The molecular formula is C20H15FN6O4. The van der Waals surface area contributed by atoms with Crippen molar-refractivity contribution in [1.82, 2.24) is 25.0 Å². The summed E-state index contributed by atoms with van der Waals surface area (Å²) in [6, 6.07) is 10.7. The van der Waals surface area contributed by atoms with Crippen LogP contribution >= 0.6 is 0 Å². The summed E-state index contributed by atoms with van der Waals surface area (Å²) < 4.78 is 25.6. The first-order valence-corrected chi connectivity index (χ1v) is 9.36. The molecule has 2 N–H and O–H groups in total. The minimum absolute atomic E-state index is 0.0101. The number of amides is 1. The fraction of sp³-hybridized carbons (Fsp3) is 0.150. The maximum absolute atomic E-state index is 13.1. The van der Waals surface area contributed by atoms with E-state index in [0.717, 1.165) is 5.56 Å². The van der Waals surface area contributed by atoms with Crippen molar-refractivity contribution in [2.75, 3.05) is 18.5 Å². The molecule has 3 heterocycles. The van der Waals surface area contributed by atoms with Gasteiger partial charge in [-0.15, -0.1) is 5.10 Å². The molecule has 0 fully saturated rings.